The molecule has 0 radical (unpaired) electrons. The lowest BCUT2D eigenvalue weighted by Gasteiger charge is -2.18. The maximum atomic E-state index is 12.9. The van der Waals surface area contributed by atoms with Crippen LogP contribution >= 0.6 is 11.6 Å². The van der Waals surface area contributed by atoms with Gasteiger partial charge in [0, 0.05) is 18.1 Å². The smallest absolute Gasteiger partial charge is 0.257 e. The monoisotopic (exact) mass is 331 g/mol. The number of halogens is 1. The summed E-state index contributed by atoms with van der Waals surface area (Å²) in [6.07, 6.45) is 2.78. The molecule has 1 saturated heterocycles. The average Bonchev–Trinajstić information content (AvgIpc) is 3.13. The van der Waals surface area contributed by atoms with E-state index in [0.717, 1.165) is 30.9 Å². The van der Waals surface area contributed by atoms with Crippen molar-refractivity contribution < 1.29 is 4.79 Å². The highest BCUT2D eigenvalue weighted by Crippen LogP contribution is 2.26. The van der Waals surface area contributed by atoms with Crippen molar-refractivity contribution in [1.82, 2.24) is 14.7 Å². The van der Waals surface area contributed by atoms with E-state index in [-0.39, 0.29) is 11.8 Å². The number of carbonyl (C=O) groups is 1. The molecule has 0 aliphatic carbocycles. The van der Waals surface area contributed by atoms with Crippen molar-refractivity contribution in [2.75, 3.05) is 13.1 Å². The number of carbonyl (C=O) groups excluding carboxylic acids is 1. The number of hydrogen-bond acceptors (Lipinski definition) is 2. The van der Waals surface area contributed by atoms with Crippen molar-refractivity contribution in [3.05, 3.63) is 46.7 Å². The van der Waals surface area contributed by atoms with Gasteiger partial charge in [0.05, 0.1) is 23.1 Å². The molecule has 122 valence electrons. The Kier molecular flexibility index (Phi) is 4.44. The summed E-state index contributed by atoms with van der Waals surface area (Å²) in [5.41, 5.74) is 2.59. The van der Waals surface area contributed by atoms with Gasteiger partial charge in [-0.3, -0.25) is 4.79 Å². The molecule has 1 aliphatic heterocycles. The Labute approximate surface area is 142 Å². The third-order valence-electron chi connectivity index (χ3n) is 4.37. The van der Waals surface area contributed by atoms with Crippen LogP contribution in [0.3, 0.4) is 0 Å². The molecule has 0 N–H and O–H groups in total. The number of benzene rings is 1. The standard InChI is InChI=1S/C18H22ClN3O/c1-12(2)17-16(18(23)21-9-8-13(3)11-21)10-20-22(17)15-6-4-14(19)5-7-15/h4-7,10,12-13H,8-9,11H2,1-3H3. The fourth-order valence-corrected chi connectivity index (χ4v) is 3.28. The summed E-state index contributed by atoms with van der Waals surface area (Å²) < 4.78 is 1.85. The van der Waals surface area contributed by atoms with E-state index in [4.69, 9.17) is 11.6 Å². The van der Waals surface area contributed by atoms with Crippen LogP contribution in [0.15, 0.2) is 30.5 Å². The van der Waals surface area contributed by atoms with Gasteiger partial charge in [-0.05, 0) is 42.5 Å². The molecule has 1 aromatic heterocycles. The third kappa shape index (κ3) is 3.13. The molecule has 3 rings (SSSR count). The molecule has 1 amide bonds. The van der Waals surface area contributed by atoms with Crippen molar-refractivity contribution in [1.29, 1.82) is 0 Å². The summed E-state index contributed by atoms with van der Waals surface area (Å²) in [6, 6.07) is 7.53. The lowest BCUT2D eigenvalue weighted by molar-refractivity contribution is 0.0786. The van der Waals surface area contributed by atoms with Crippen LogP contribution in [-0.2, 0) is 0 Å². The Balaban J connectivity index is 1.99. The second-order valence-electron chi connectivity index (χ2n) is 6.63. The molecule has 1 fully saturated rings. The van der Waals surface area contributed by atoms with E-state index in [0.29, 0.717) is 16.5 Å². The van der Waals surface area contributed by atoms with Gasteiger partial charge >= 0.3 is 0 Å². The molecule has 0 spiro atoms. The Morgan fingerprint density at radius 3 is 2.57 bits per heavy atom. The van der Waals surface area contributed by atoms with Gasteiger partial charge in [0.25, 0.3) is 5.91 Å². The Morgan fingerprint density at radius 2 is 2.00 bits per heavy atom. The van der Waals surface area contributed by atoms with E-state index in [2.05, 4.69) is 25.9 Å². The summed E-state index contributed by atoms with van der Waals surface area (Å²) in [5.74, 6) is 0.873. The second kappa shape index (κ2) is 6.36. The molecule has 4 nitrogen and oxygen atoms in total. The molecule has 0 saturated carbocycles. The quantitative estimate of drug-likeness (QED) is 0.848. The first-order chi connectivity index (χ1) is 11.0. The zero-order valence-corrected chi connectivity index (χ0v) is 14.5. The third-order valence-corrected chi connectivity index (χ3v) is 4.62. The maximum Gasteiger partial charge on any atom is 0.257 e. The SMILES string of the molecule is CC1CCN(C(=O)c2cnn(-c3ccc(Cl)cc3)c2C(C)C)C1. The van der Waals surface area contributed by atoms with Crippen LogP contribution < -0.4 is 0 Å². The minimum atomic E-state index is 0.0956. The van der Waals surface area contributed by atoms with E-state index < -0.39 is 0 Å². The van der Waals surface area contributed by atoms with Crippen molar-refractivity contribution >= 4 is 17.5 Å². The second-order valence-corrected chi connectivity index (χ2v) is 7.07. The van der Waals surface area contributed by atoms with Crippen molar-refractivity contribution in [2.45, 2.75) is 33.1 Å². The highest BCUT2D eigenvalue weighted by Gasteiger charge is 2.28. The van der Waals surface area contributed by atoms with Gasteiger partial charge in [-0.15, -0.1) is 0 Å². The number of rotatable bonds is 3. The van der Waals surface area contributed by atoms with Gasteiger partial charge in [-0.2, -0.15) is 5.10 Å². The first kappa shape index (κ1) is 16.1. The zero-order valence-electron chi connectivity index (χ0n) is 13.8. The van der Waals surface area contributed by atoms with Gasteiger partial charge in [0.15, 0.2) is 0 Å². The van der Waals surface area contributed by atoms with Gasteiger partial charge in [0.2, 0.25) is 0 Å². The first-order valence-electron chi connectivity index (χ1n) is 8.10. The number of likely N-dealkylation sites (tertiary alicyclic amines) is 1. The summed E-state index contributed by atoms with van der Waals surface area (Å²) >= 11 is 5.97. The van der Waals surface area contributed by atoms with Crippen LogP contribution in [0.4, 0.5) is 0 Å². The summed E-state index contributed by atoms with van der Waals surface area (Å²) in [4.78, 5) is 14.8. The predicted octanol–water partition coefficient (Wildman–Crippen LogP) is 4.13. The van der Waals surface area contributed by atoms with E-state index in [1.807, 2.05) is 33.8 Å². The molecule has 0 bridgehead atoms. The molecule has 1 aliphatic rings. The number of amides is 1. The maximum absolute atomic E-state index is 12.9. The van der Waals surface area contributed by atoms with Crippen LogP contribution in [0.25, 0.3) is 5.69 Å². The van der Waals surface area contributed by atoms with Gasteiger partial charge in [-0.25, -0.2) is 4.68 Å². The molecular weight excluding hydrogens is 310 g/mol. The number of aromatic nitrogens is 2. The highest BCUT2D eigenvalue weighted by molar-refractivity contribution is 6.30. The highest BCUT2D eigenvalue weighted by atomic mass is 35.5. The first-order valence-corrected chi connectivity index (χ1v) is 8.48. The average molecular weight is 332 g/mol. The largest absolute Gasteiger partial charge is 0.338 e. The summed E-state index contributed by atoms with van der Waals surface area (Å²) in [5, 5.41) is 5.16. The molecule has 23 heavy (non-hydrogen) atoms. The van der Waals surface area contributed by atoms with Crippen LogP contribution in [-0.4, -0.2) is 33.7 Å². The molecule has 1 unspecified atom stereocenters. The molecular formula is C18H22ClN3O. The number of nitrogens with zero attached hydrogens (tertiary/aromatic N) is 3. The van der Waals surface area contributed by atoms with Crippen molar-refractivity contribution in [3.8, 4) is 5.69 Å². The molecule has 1 aromatic carbocycles. The van der Waals surface area contributed by atoms with Crippen LogP contribution in [0.5, 0.6) is 0 Å². The van der Waals surface area contributed by atoms with Crippen molar-refractivity contribution in [2.24, 2.45) is 5.92 Å². The summed E-state index contributed by atoms with van der Waals surface area (Å²) in [7, 11) is 0. The Morgan fingerprint density at radius 1 is 1.30 bits per heavy atom. The van der Waals surface area contributed by atoms with E-state index >= 15 is 0 Å². The molecule has 1 atom stereocenters. The van der Waals surface area contributed by atoms with Crippen molar-refractivity contribution in [3.63, 3.8) is 0 Å². The fraction of sp³-hybridized carbons (Fsp3) is 0.444. The minimum Gasteiger partial charge on any atom is -0.338 e. The number of hydrogen-bond donors (Lipinski definition) is 0. The van der Waals surface area contributed by atoms with Gasteiger partial charge < -0.3 is 4.90 Å². The fourth-order valence-electron chi connectivity index (χ4n) is 3.16. The Bertz CT molecular complexity index is 706. The van der Waals surface area contributed by atoms with Gasteiger partial charge in [-0.1, -0.05) is 32.4 Å². The molecule has 2 aromatic rings. The zero-order chi connectivity index (χ0) is 16.6. The summed E-state index contributed by atoms with van der Waals surface area (Å²) in [6.45, 7) is 8.04. The van der Waals surface area contributed by atoms with E-state index in [9.17, 15) is 4.79 Å². The lowest BCUT2D eigenvalue weighted by Crippen LogP contribution is -2.29. The predicted molar refractivity (Wildman–Crippen MR) is 92.3 cm³/mol. The van der Waals surface area contributed by atoms with Crippen LogP contribution in [0, 0.1) is 5.92 Å². The van der Waals surface area contributed by atoms with E-state index in [1.54, 1.807) is 6.20 Å². The van der Waals surface area contributed by atoms with E-state index in [1.165, 1.54) is 0 Å². The minimum absolute atomic E-state index is 0.0956. The topological polar surface area (TPSA) is 38.1 Å². The lowest BCUT2D eigenvalue weighted by atomic mass is 10.0. The van der Waals surface area contributed by atoms with Crippen LogP contribution in [0.2, 0.25) is 5.02 Å². The molecule has 5 heteroatoms. The molecule has 2 heterocycles. The Hall–Kier alpha value is -1.81. The van der Waals surface area contributed by atoms with Crippen LogP contribution in [0.1, 0.15) is 49.2 Å². The normalized spacial score (nSPS) is 18.0. The van der Waals surface area contributed by atoms with Gasteiger partial charge in [0.1, 0.15) is 0 Å².